The van der Waals surface area contributed by atoms with E-state index in [1.165, 1.54) is 18.2 Å². The maximum Gasteiger partial charge on any atom is 0.261 e. The summed E-state index contributed by atoms with van der Waals surface area (Å²) in [6.07, 6.45) is 2.90. The van der Waals surface area contributed by atoms with E-state index in [9.17, 15) is 12.8 Å². The molecule has 2 aromatic carbocycles. The van der Waals surface area contributed by atoms with Crippen LogP contribution in [0.15, 0.2) is 47.4 Å². The number of aryl methyl sites for hydroxylation is 1. The van der Waals surface area contributed by atoms with E-state index in [0.717, 1.165) is 36.5 Å². The number of hydrogen-bond donors (Lipinski definition) is 2. The number of halogens is 1. The molecule has 0 saturated carbocycles. The molecule has 2 aromatic rings. The number of fused-ring (bicyclic) bond motifs is 1. The second-order valence-electron chi connectivity index (χ2n) is 5.80. The Labute approximate surface area is 135 Å². The van der Waals surface area contributed by atoms with Crippen molar-refractivity contribution >= 4 is 15.7 Å². The van der Waals surface area contributed by atoms with Gasteiger partial charge in [-0.2, -0.15) is 0 Å². The third-order valence-electron chi connectivity index (χ3n) is 4.22. The zero-order valence-corrected chi connectivity index (χ0v) is 13.4. The van der Waals surface area contributed by atoms with Crippen LogP contribution in [0.3, 0.4) is 0 Å². The first-order valence-corrected chi connectivity index (χ1v) is 9.09. The van der Waals surface area contributed by atoms with E-state index in [1.54, 1.807) is 12.1 Å². The Hall–Kier alpha value is -1.92. The Morgan fingerprint density at radius 2 is 2.04 bits per heavy atom. The molecule has 3 rings (SSSR count). The molecule has 122 valence electrons. The van der Waals surface area contributed by atoms with Crippen molar-refractivity contribution in [1.29, 1.82) is 0 Å². The standard InChI is InChI=1S/C17H19FN2O2S/c18-14-5-2-6-15(10-14)20-23(21,22)16-7-8-17-12(9-16)3-1-4-13(17)11-19/h2,5-10,13,20H,1,3-4,11,19H2/t13-/m0/s1. The van der Waals surface area contributed by atoms with E-state index in [1.807, 2.05) is 6.07 Å². The van der Waals surface area contributed by atoms with E-state index in [0.29, 0.717) is 12.5 Å². The van der Waals surface area contributed by atoms with Crippen molar-refractivity contribution in [2.75, 3.05) is 11.3 Å². The highest BCUT2D eigenvalue weighted by Crippen LogP contribution is 2.32. The predicted molar refractivity (Wildman–Crippen MR) is 88.4 cm³/mol. The van der Waals surface area contributed by atoms with Gasteiger partial charge in [0.15, 0.2) is 0 Å². The number of hydrogen-bond acceptors (Lipinski definition) is 3. The van der Waals surface area contributed by atoms with Gasteiger partial charge in [0.25, 0.3) is 10.0 Å². The average Bonchev–Trinajstić information content (AvgIpc) is 2.53. The summed E-state index contributed by atoms with van der Waals surface area (Å²) in [6, 6.07) is 10.6. The molecular weight excluding hydrogens is 315 g/mol. The molecule has 1 aliphatic carbocycles. The van der Waals surface area contributed by atoms with Crippen LogP contribution in [0, 0.1) is 5.82 Å². The number of sulfonamides is 1. The van der Waals surface area contributed by atoms with Crippen LogP contribution in [0.4, 0.5) is 10.1 Å². The molecular formula is C17H19FN2O2S. The fourth-order valence-electron chi connectivity index (χ4n) is 3.07. The molecule has 0 bridgehead atoms. The van der Waals surface area contributed by atoms with Gasteiger partial charge in [-0.1, -0.05) is 12.1 Å². The lowest BCUT2D eigenvalue weighted by molar-refractivity contribution is 0.558. The van der Waals surface area contributed by atoms with Crippen LogP contribution in [0.1, 0.15) is 29.9 Å². The average molecular weight is 334 g/mol. The zero-order valence-electron chi connectivity index (χ0n) is 12.6. The summed E-state index contributed by atoms with van der Waals surface area (Å²) in [6.45, 7) is 0.570. The maximum atomic E-state index is 13.2. The van der Waals surface area contributed by atoms with Crippen molar-refractivity contribution in [3.63, 3.8) is 0 Å². The maximum absolute atomic E-state index is 13.2. The number of rotatable bonds is 4. The molecule has 1 aliphatic rings. The fourth-order valence-corrected chi connectivity index (χ4v) is 4.17. The minimum Gasteiger partial charge on any atom is -0.330 e. The number of anilines is 1. The third-order valence-corrected chi connectivity index (χ3v) is 5.60. The summed E-state index contributed by atoms with van der Waals surface area (Å²) in [7, 11) is -3.74. The molecule has 0 aromatic heterocycles. The third kappa shape index (κ3) is 3.38. The Morgan fingerprint density at radius 1 is 1.22 bits per heavy atom. The Bertz CT molecular complexity index is 821. The smallest absolute Gasteiger partial charge is 0.261 e. The van der Waals surface area contributed by atoms with Crippen LogP contribution < -0.4 is 10.5 Å². The lowest BCUT2D eigenvalue weighted by Crippen LogP contribution is -2.19. The highest BCUT2D eigenvalue weighted by Gasteiger charge is 2.22. The number of benzene rings is 2. The Kier molecular flexibility index (Phi) is 4.37. The molecule has 23 heavy (non-hydrogen) atoms. The summed E-state index contributed by atoms with van der Waals surface area (Å²) in [5.41, 5.74) is 8.18. The van der Waals surface area contributed by atoms with Crippen LogP contribution >= 0.6 is 0 Å². The molecule has 4 nitrogen and oxygen atoms in total. The van der Waals surface area contributed by atoms with Gasteiger partial charge in [-0.05, 0) is 73.2 Å². The normalized spacial score (nSPS) is 17.6. The number of nitrogens with two attached hydrogens (primary N) is 1. The second-order valence-corrected chi connectivity index (χ2v) is 7.48. The minimum atomic E-state index is -3.74. The van der Waals surface area contributed by atoms with Gasteiger partial charge in [0.1, 0.15) is 5.82 Å². The van der Waals surface area contributed by atoms with Crippen molar-refractivity contribution in [2.45, 2.75) is 30.1 Å². The highest BCUT2D eigenvalue weighted by atomic mass is 32.2. The molecule has 0 fully saturated rings. The van der Waals surface area contributed by atoms with Crippen molar-refractivity contribution < 1.29 is 12.8 Å². The molecule has 0 unspecified atom stereocenters. The molecule has 0 aliphatic heterocycles. The van der Waals surface area contributed by atoms with Crippen LogP contribution in [-0.4, -0.2) is 15.0 Å². The van der Waals surface area contributed by atoms with Crippen LogP contribution in [0.25, 0.3) is 0 Å². The van der Waals surface area contributed by atoms with E-state index in [4.69, 9.17) is 5.73 Å². The van der Waals surface area contributed by atoms with Gasteiger partial charge in [-0.3, -0.25) is 4.72 Å². The topological polar surface area (TPSA) is 72.2 Å². The number of nitrogens with one attached hydrogen (secondary N) is 1. The van der Waals surface area contributed by atoms with E-state index < -0.39 is 15.8 Å². The van der Waals surface area contributed by atoms with Crippen LogP contribution in [0.5, 0.6) is 0 Å². The summed E-state index contributed by atoms with van der Waals surface area (Å²) in [5, 5.41) is 0. The van der Waals surface area contributed by atoms with Gasteiger partial charge in [0, 0.05) is 0 Å². The molecule has 1 atom stereocenters. The molecule has 0 amide bonds. The molecule has 6 heteroatoms. The Morgan fingerprint density at radius 3 is 2.78 bits per heavy atom. The molecule has 0 saturated heterocycles. The van der Waals surface area contributed by atoms with Crippen molar-refractivity contribution in [3.8, 4) is 0 Å². The van der Waals surface area contributed by atoms with Gasteiger partial charge in [-0.25, -0.2) is 12.8 Å². The van der Waals surface area contributed by atoms with E-state index in [-0.39, 0.29) is 10.6 Å². The molecule has 3 N–H and O–H groups in total. The van der Waals surface area contributed by atoms with Gasteiger partial charge in [0.2, 0.25) is 0 Å². The van der Waals surface area contributed by atoms with Gasteiger partial charge in [0.05, 0.1) is 10.6 Å². The molecule has 0 radical (unpaired) electrons. The Balaban J connectivity index is 1.91. The van der Waals surface area contributed by atoms with Gasteiger partial charge < -0.3 is 5.73 Å². The highest BCUT2D eigenvalue weighted by molar-refractivity contribution is 7.92. The fraction of sp³-hybridized carbons (Fsp3) is 0.294. The van der Waals surface area contributed by atoms with E-state index in [2.05, 4.69) is 4.72 Å². The second kappa shape index (κ2) is 6.29. The SMILES string of the molecule is NC[C@@H]1CCCc2cc(S(=O)(=O)Nc3cccc(F)c3)ccc21. The van der Waals surface area contributed by atoms with Crippen LogP contribution in [0.2, 0.25) is 0 Å². The first-order chi connectivity index (χ1) is 11.0. The van der Waals surface area contributed by atoms with Gasteiger partial charge in [-0.15, -0.1) is 0 Å². The van der Waals surface area contributed by atoms with Crippen molar-refractivity contribution in [2.24, 2.45) is 5.73 Å². The largest absolute Gasteiger partial charge is 0.330 e. The lowest BCUT2D eigenvalue weighted by atomic mass is 9.83. The quantitative estimate of drug-likeness (QED) is 0.903. The minimum absolute atomic E-state index is 0.193. The summed E-state index contributed by atoms with van der Waals surface area (Å²) in [4.78, 5) is 0.193. The van der Waals surface area contributed by atoms with Crippen molar-refractivity contribution in [1.82, 2.24) is 0 Å². The summed E-state index contributed by atoms with van der Waals surface area (Å²) >= 11 is 0. The first-order valence-electron chi connectivity index (χ1n) is 7.61. The van der Waals surface area contributed by atoms with E-state index >= 15 is 0 Å². The summed E-state index contributed by atoms with van der Waals surface area (Å²) < 4.78 is 40.6. The molecule has 0 heterocycles. The van der Waals surface area contributed by atoms with Crippen LogP contribution in [-0.2, 0) is 16.4 Å². The predicted octanol–water partition coefficient (Wildman–Crippen LogP) is 3.01. The van der Waals surface area contributed by atoms with Gasteiger partial charge >= 0.3 is 0 Å². The zero-order chi connectivity index (χ0) is 16.4. The summed E-state index contributed by atoms with van der Waals surface area (Å²) in [5.74, 6) is -0.187. The molecule has 0 spiro atoms. The first kappa shape index (κ1) is 16.0. The monoisotopic (exact) mass is 334 g/mol. The van der Waals surface area contributed by atoms with Crippen molar-refractivity contribution in [3.05, 3.63) is 59.4 Å². The lowest BCUT2D eigenvalue weighted by Gasteiger charge is -2.24.